The van der Waals surface area contributed by atoms with Crippen molar-refractivity contribution in [1.82, 2.24) is 5.32 Å². The monoisotopic (exact) mass is 395 g/mol. The predicted molar refractivity (Wildman–Crippen MR) is 111 cm³/mol. The molecule has 1 atom stereocenters. The maximum absolute atomic E-state index is 11.7. The fraction of sp³-hybridized carbons (Fsp3) is 0.682. The van der Waals surface area contributed by atoms with Gasteiger partial charge in [0.15, 0.2) is 0 Å². The van der Waals surface area contributed by atoms with E-state index in [0.29, 0.717) is 6.42 Å². The number of aliphatic carboxylic acids is 2. The van der Waals surface area contributed by atoms with E-state index in [9.17, 15) is 14.4 Å². The Bertz CT molecular complexity index is 499. The lowest BCUT2D eigenvalue weighted by molar-refractivity contribution is -0.147. The van der Waals surface area contributed by atoms with Crippen LogP contribution in [-0.2, 0) is 14.4 Å². The van der Waals surface area contributed by atoms with Gasteiger partial charge in [-0.3, -0.25) is 9.59 Å². The average molecular weight is 396 g/mol. The summed E-state index contributed by atoms with van der Waals surface area (Å²) in [6.07, 6.45) is 20.5. The molecule has 3 N–H and O–H groups in total. The van der Waals surface area contributed by atoms with E-state index in [0.717, 1.165) is 38.5 Å². The van der Waals surface area contributed by atoms with E-state index in [-0.39, 0.29) is 6.42 Å². The van der Waals surface area contributed by atoms with Crippen molar-refractivity contribution in [2.45, 2.75) is 96.4 Å². The zero-order valence-electron chi connectivity index (χ0n) is 17.2. The van der Waals surface area contributed by atoms with Crippen LogP contribution >= 0.6 is 0 Å². The second-order valence-corrected chi connectivity index (χ2v) is 7.04. The third kappa shape index (κ3) is 17.3. The van der Waals surface area contributed by atoms with Gasteiger partial charge < -0.3 is 15.5 Å². The SMILES string of the molecule is CCCCC/C=C\C/C=C\CCCCCCCC(=O)NC(CC(=O)O)C(=O)O. The zero-order chi connectivity index (χ0) is 21.0. The summed E-state index contributed by atoms with van der Waals surface area (Å²) in [5.74, 6) is -2.97. The molecule has 0 aliphatic carbocycles. The molecule has 0 saturated carbocycles. The van der Waals surface area contributed by atoms with Crippen LogP contribution in [0.1, 0.15) is 90.4 Å². The van der Waals surface area contributed by atoms with Crippen LogP contribution < -0.4 is 5.32 Å². The quantitative estimate of drug-likeness (QED) is 0.227. The first-order chi connectivity index (χ1) is 13.5. The zero-order valence-corrected chi connectivity index (χ0v) is 17.2. The van der Waals surface area contributed by atoms with Crippen molar-refractivity contribution in [3.8, 4) is 0 Å². The van der Waals surface area contributed by atoms with Crippen LogP contribution in [0.25, 0.3) is 0 Å². The number of hydrogen-bond acceptors (Lipinski definition) is 3. The highest BCUT2D eigenvalue weighted by atomic mass is 16.4. The van der Waals surface area contributed by atoms with Crippen LogP contribution in [0.15, 0.2) is 24.3 Å². The Labute approximate surface area is 169 Å². The molecule has 6 nitrogen and oxygen atoms in total. The van der Waals surface area contributed by atoms with Gasteiger partial charge >= 0.3 is 11.9 Å². The molecule has 0 aromatic heterocycles. The van der Waals surface area contributed by atoms with Gasteiger partial charge in [-0.1, -0.05) is 63.3 Å². The molecule has 0 bridgehead atoms. The summed E-state index contributed by atoms with van der Waals surface area (Å²) in [4.78, 5) is 33.2. The maximum Gasteiger partial charge on any atom is 0.326 e. The molecule has 0 fully saturated rings. The summed E-state index contributed by atoms with van der Waals surface area (Å²) in [5, 5.41) is 19.8. The lowest BCUT2D eigenvalue weighted by Crippen LogP contribution is -2.42. The molecule has 0 radical (unpaired) electrons. The van der Waals surface area contributed by atoms with Crippen molar-refractivity contribution in [1.29, 1.82) is 0 Å². The Morgan fingerprint density at radius 2 is 1.39 bits per heavy atom. The second kappa shape index (κ2) is 18.3. The van der Waals surface area contributed by atoms with Gasteiger partial charge in [-0.15, -0.1) is 0 Å². The third-order valence-electron chi connectivity index (χ3n) is 4.37. The number of amides is 1. The lowest BCUT2D eigenvalue weighted by atomic mass is 10.1. The number of hydrogen-bond donors (Lipinski definition) is 3. The highest BCUT2D eigenvalue weighted by molar-refractivity contribution is 5.86. The summed E-state index contributed by atoms with van der Waals surface area (Å²) in [6, 6.07) is -1.36. The highest BCUT2D eigenvalue weighted by Gasteiger charge is 2.22. The standard InChI is InChI=1S/C22H37NO5/c1-2-3-4-5-6-7-8-9-10-11-12-13-14-15-16-17-20(24)23-19(22(27)28)18-21(25)26/h6-7,9-10,19H,2-5,8,11-18H2,1H3,(H,23,24)(H,25,26)(H,27,28)/b7-6-,10-9-. The fourth-order valence-corrected chi connectivity index (χ4v) is 2.74. The van der Waals surface area contributed by atoms with Crippen LogP contribution in [0.2, 0.25) is 0 Å². The van der Waals surface area contributed by atoms with Gasteiger partial charge in [0.05, 0.1) is 6.42 Å². The highest BCUT2D eigenvalue weighted by Crippen LogP contribution is 2.08. The second-order valence-electron chi connectivity index (χ2n) is 7.04. The van der Waals surface area contributed by atoms with E-state index in [2.05, 4.69) is 36.5 Å². The molecule has 0 heterocycles. The van der Waals surface area contributed by atoms with Gasteiger partial charge in [0.25, 0.3) is 0 Å². The van der Waals surface area contributed by atoms with Crippen molar-refractivity contribution in [3.63, 3.8) is 0 Å². The molecule has 0 aromatic rings. The molecule has 1 amide bonds. The topological polar surface area (TPSA) is 104 Å². The van der Waals surface area contributed by atoms with Crippen molar-refractivity contribution in [2.24, 2.45) is 0 Å². The van der Waals surface area contributed by atoms with Crippen molar-refractivity contribution < 1.29 is 24.6 Å². The van der Waals surface area contributed by atoms with Crippen LogP contribution in [0.3, 0.4) is 0 Å². The first-order valence-corrected chi connectivity index (χ1v) is 10.5. The number of rotatable bonds is 18. The van der Waals surface area contributed by atoms with E-state index in [1.54, 1.807) is 0 Å². The van der Waals surface area contributed by atoms with Gasteiger partial charge in [-0.25, -0.2) is 4.79 Å². The third-order valence-corrected chi connectivity index (χ3v) is 4.37. The Morgan fingerprint density at radius 3 is 1.96 bits per heavy atom. The number of carboxylic acids is 2. The molecular weight excluding hydrogens is 358 g/mol. The fourth-order valence-electron chi connectivity index (χ4n) is 2.74. The van der Waals surface area contributed by atoms with Crippen LogP contribution in [0.4, 0.5) is 0 Å². The first-order valence-electron chi connectivity index (χ1n) is 10.5. The average Bonchev–Trinajstić information content (AvgIpc) is 2.64. The van der Waals surface area contributed by atoms with E-state index in [1.165, 1.54) is 25.7 Å². The van der Waals surface area contributed by atoms with Crippen molar-refractivity contribution in [3.05, 3.63) is 24.3 Å². The summed E-state index contributed by atoms with van der Waals surface area (Å²) < 4.78 is 0. The smallest absolute Gasteiger partial charge is 0.326 e. The minimum absolute atomic E-state index is 0.230. The number of carbonyl (C=O) groups is 3. The molecule has 0 rings (SSSR count). The predicted octanol–water partition coefficient (Wildman–Crippen LogP) is 4.84. The van der Waals surface area contributed by atoms with Crippen molar-refractivity contribution >= 4 is 17.8 Å². The summed E-state index contributed by atoms with van der Waals surface area (Å²) in [5.41, 5.74) is 0. The lowest BCUT2D eigenvalue weighted by Gasteiger charge is -2.12. The molecule has 1 unspecified atom stereocenters. The number of allylic oxidation sites excluding steroid dienone is 4. The molecule has 0 saturated heterocycles. The summed E-state index contributed by atoms with van der Waals surface area (Å²) >= 11 is 0. The Balaban J connectivity index is 3.58. The molecule has 160 valence electrons. The molecular formula is C22H37NO5. The molecule has 6 heteroatoms. The number of carbonyl (C=O) groups excluding carboxylic acids is 1. The minimum Gasteiger partial charge on any atom is -0.481 e. The Morgan fingerprint density at radius 1 is 0.821 bits per heavy atom. The summed E-state index contributed by atoms with van der Waals surface area (Å²) in [6.45, 7) is 2.21. The maximum atomic E-state index is 11.7. The molecule has 0 aliphatic heterocycles. The Kier molecular flexibility index (Phi) is 16.9. The van der Waals surface area contributed by atoms with E-state index in [4.69, 9.17) is 10.2 Å². The first kappa shape index (κ1) is 25.9. The number of nitrogens with one attached hydrogen (secondary N) is 1. The van der Waals surface area contributed by atoms with Gasteiger partial charge in [-0.05, 0) is 38.5 Å². The van der Waals surface area contributed by atoms with E-state index < -0.39 is 30.3 Å². The van der Waals surface area contributed by atoms with Crippen LogP contribution in [0, 0.1) is 0 Å². The molecule has 0 spiro atoms. The minimum atomic E-state index is -1.36. The Hall–Kier alpha value is -2.11. The summed E-state index contributed by atoms with van der Waals surface area (Å²) in [7, 11) is 0. The number of unbranched alkanes of at least 4 members (excludes halogenated alkanes) is 8. The van der Waals surface area contributed by atoms with E-state index in [1.807, 2.05) is 0 Å². The van der Waals surface area contributed by atoms with Gasteiger partial charge in [-0.2, -0.15) is 0 Å². The molecule has 0 aliphatic rings. The van der Waals surface area contributed by atoms with Crippen LogP contribution in [-0.4, -0.2) is 34.1 Å². The van der Waals surface area contributed by atoms with Gasteiger partial charge in [0.1, 0.15) is 6.04 Å². The molecule has 28 heavy (non-hydrogen) atoms. The van der Waals surface area contributed by atoms with Gasteiger partial charge in [0, 0.05) is 6.42 Å². The van der Waals surface area contributed by atoms with E-state index >= 15 is 0 Å². The molecule has 0 aromatic carbocycles. The number of carboxylic acid groups (broad SMARTS) is 2. The van der Waals surface area contributed by atoms with Crippen molar-refractivity contribution in [2.75, 3.05) is 0 Å². The normalized spacial score (nSPS) is 12.5. The largest absolute Gasteiger partial charge is 0.481 e. The van der Waals surface area contributed by atoms with Crippen LogP contribution in [0.5, 0.6) is 0 Å². The van der Waals surface area contributed by atoms with Gasteiger partial charge in [0.2, 0.25) is 5.91 Å².